The summed E-state index contributed by atoms with van der Waals surface area (Å²) in [4.78, 5) is 2.68. The monoisotopic (exact) mass is 490 g/mol. The topological polar surface area (TPSA) is 60.9 Å². The molecule has 6 heteroatoms. The van der Waals surface area contributed by atoms with E-state index in [1.807, 2.05) is 19.1 Å². The molecular formula is C29H34N2O3S. The van der Waals surface area contributed by atoms with Gasteiger partial charge in [-0.15, -0.1) is 0 Å². The summed E-state index contributed by atoms with van der Waals surface area (Å²) in [5, 5.41) is 10.2. The smallest absolute Gasteiger partial charge is 0.243 e. The van der Waals surface area contributed by atoms with Gasteiger partial charge in [0.05, 0.1) is 11.5 Å². The van der Waals surface area contributed by atoms with Crippen molar-refractivity contribution < 1.29 is 13.5 Å². The first-order valence-electron chi connectivity index (χ1n) is 12.5. The molecule has 3 atom stereocenters. The summed E-state index contributed by atoms with van der Waals surface area (Å²) in [6.07, 6.45) is 1.74. The Morgan fingerprint density at radius 3 is 2.23 bits per heavy atom. The minimum absolute atomic E-state index is 0.0199. The molecule has 2 aliphatic heterocycles. The molecule has 2 aliphatic rings. The summed E-state index contributed by atoms with van der Waals surface area (Å²) in [7, 11) is -3.58. The first-order valence-corrected chi connectivity index (χ1v) is 13.9. The molecular weight excluding hydrogens is 456 g/mol. The summed E-state index contributed by atoms with van der Waals surface area (Å²) in [6.45, 7) is 5.96. The van der Waals surface area contributed by atoms with Gasteiger partial charge < -0.3 is 5.11 Å². The minimum atomic E-state index is -3.58. The van der Waals surface area contributed by atoms with Crippen molar-refractivity contribution in [3.63, 3.8) is 0 Å². The van der Waals surface area contributed by atoms with Gasteiger partial charge in [0.25, 0.3) is 0 Å². The highest BCUT2D eigenvalue weighted by atomic mass is 32.2. The highest BCUT2D eigenvalue weighted by molar-refractivity contribution is 7.89. The van der Waals surface area contributed by atoms with Gasteiger partial charge in [-0.2, -0.15) is 4.31 Å². The van der Waals surface area contributed by atoms with Crippen LogP contribution in [0.15, 0.2) is 77.7 Å². The lowest BCUT2D eigenvalue weighted by Gasteiger charge is -2.57. The summed E-state index contributed by atoms with van der Waals surface area (Å²) in [5.74, 6) is 0.0971. The molecule has 3 aromatic carbocycles. The standard InChI is InChI=1S/C29H34N2O3S/c1-21-7-5-9-25(17-21)23-11-13-24(14-12-23)29-27-19-30(15-3-4-16-31(27)28(29)20-32)35(33,34)26-10-6-8-22(2)18-26/h5-14,17-18,27-29,32H,3-4,15-16,19-20H2,1-2H3/t27-,28-,29+/m1/s1. The third kappa shape index (κ3) is 4.68. The number of aliphatic hydroxyl groups excluding tert-OH is 1. The van der Waals surface area contributed by atoms with Crippen LogP contribution < -0.4 is 0 Å². The second-order valence-electron chi connectivity index (χ2n) is 9.96. The molecule has 1 N–H and O–H groups in total. The van der Waals surface area contributed by atoms with E-state index in [0.29, 0.717) is 18.0 Å². The fourth-order valence-electron chi connectivity index (χ4n) is 5.77. The van der Waals surface area contributed by atoms with E-state index in [-0.39, 0.29) is 24.6 Å². The average Bonchev–Trinajstić information content (AvgIpc) is 2.83. The molecule has 0 spiro atoms. The van der Waals surface area contributed by atoms with E-state index in [2.05, 4.69) is 60.4 Å². The van der Waals surface area contributed by atoms with Crippen LogP contribution >= 0.6 is 0 Å². The van der Waals surface area contributed by atoms with Crippen molar-refractivity contribution in [2.75, 3.05) is 26.2 Å². The molecule has 0 saturated carbocycles. The molecule has 5 nitrogen and oxygen atoms in total. The normalized spacial score (nSPS) is 23.7. The third-order valence-corrected chi connectivity index (χ3v) is 9.47. The Hall–Kier alpha value is -2.51. The lowest BCUT2D eigenvalue weighted by molar-refractivity contribution is -0.0553. The van der Waals surface area contributed by atoms with Crippen LogP contribution in [0.1, 0.15) is 35.4 Å². The van der Waals surface area contributed by atoms with E-state index in [9.17, 15) is 13.5 Å². The summed E-state index contributed by atoms with van der Waals surface area (Å²) in [5.41, 5.74) is 5.68. The predicted molar refractivity (Wildman–Crippen MR) is 140 cm³/mol. The van der Waals surface area contributed by atoms with Gasteiger partial charge in [-0.05, 0) is 67.6 Å². The molecule has 3 aromatic rings. The number of rotatable bonds is 5. The zero-order valence-electron chi connectivity index (χ0n) is 20.5. The van der Waals surface area contributed by atoms with Crippen LogP contribution in [0.5, 0.6) is 0 Å². The molecule has 2 heterocycles. The Bertz CT molecular complexity index is 1290. The second kappa shape index (κ2) is 9.86. The summed E-state index contributed by atoms with van der Waals surface area (Å²) < 4.78 is 28.8. The van der Waals surface area contributed by atoms with Crippen LogP contribution in [-0.4, -0.2) is 61.1 Å². The van der Waals surface area contributed by atoms with Crippen LogP contribution in [0.25, 0.3) is 11.1 Å². The van der Waals surface area contributed by atoms with Gasteiger partial charge in [0, 0.05) is 31.1 Å². The van der Waals surface area contributed by atoms with Gasteiger partial charge in [0.2, 0.25) is 10.0 Å². The molecule has 0 aromatic heterocycles. The maximum Gasteiger partial charge on any atom is 0.243 e. The maximum atomic E-state index is 13.6. The minimum Gasteiger partial charge on any atom is -0.395 e. The number of hydrogen-bond acceptors (Lipinski definition) is 4. The molecule has 35 heavy (non-hydrogen) atoms. The number of benzene rings is 3. The van der Waals surface area contributed by atoms with Crippen molar-refractivity contribution in [1.29, 1.82) is 0 Å². The number of hydrogen-bond donors (Lipinski definition) is 1. The second-order valence-corrected chi connectivity index (χ2v) is 11.9. The average molecular weight is 491 g/mol. The SMILES string of the molecule is Cc1cccc(-c2ccc([C@@H]3[C@@H](CO)N4CCCCN(S(=O)(=O)c5cccc(C)c5)C[C@H]34)cc2)c1. The van der Waals surface area contributed by atoms with Crippen molar-refractivity contribution in [3.8, 4) is 11.1 Å². The number of aliphatic hydroxyl groups is 1. The fourth-order valence-corrected chi connectivity index (χ4v) is 7.38. The van der Waals surface area contributed by atoms with Gasteiger partial charge >= 0.3 is 0 Å². The Morgan fingerprint density at radius 1 is 0.857 bits per heavy atom. The van der Waals surface area contributed by atoms with Crippen molar-refractivity contribution >= 4 is 10.0 Å². The third-order valence-electron chi connectivity index (χ3n) is 7.61. The molecule has 2 saturated heterocycles. The van der Waals surface area contributed by atoms with Gasteiger partial charge in [0.15, 0.2) is 0 Å². The fraction of sp³-hybridized carbons (Fsp3) is 0.379. The molecule has 184 valence electrons. The molecule has 0 bridgehead atoms. The van der Waals surface area contributed by atoms with Gasteiger partial charge in [0.1, 0.15) is 0 Å². The zero-order chi connectivity index (χ0) is 24.6. The molecule has 0 unspecified atom stereocenters. The van der Waals surface area contributed by atoms with Crippen molar-refractivity contribution in [3.05, 3.63) is 89.5 Å². The van der Waals surface area contributed by atoms with E-state index < -0.39 is 10.0 Å². The van der Waals surface area contributed by atoms with E-state index in [4.69, 9.17) is 0 Å². The van der Waals surface area contributed by atoms with E-state index in [0.717, 1.165) is 36.1 Å². The molecule has 0 radical (unpaired) electrons. The molecule has 2 fully saturated rings. The zero-order valence-corrected chi connectivity index (χ0v) is 21.3. The van der Waals surface area contributed by atoms with Crippen molar-refractivity contribution in [2.45, 2.75) is 49.6 Å². The van der Waals surface area contributed by atoms with E-state index >= 15 is 0 Å². The summed E-state index contributed by atoms with van der Waals surface area (Å²) in [6, 6.07) is 24.3. The van der Waals surface area contributed by atoms with Crippen molar-refractivity contribution in [2.24, 2.45) is 0 Å². The molecule has 5 rings (SSSR count). The number of aryl methyl sites for hydroxylation is 2. The lowest BCUT2D eigenvalue weighted by atomic mass is 9.74. The van der Waals surface area contributed by atoms with Gasteiger partial charge in [-0.1, -0.05) is 66.2 Å². The Kier molecular flexibility index (Phi) is 6.82. The Balaban J connectivity index is 1.43. The lowest BCUT2D eigenvalue weighted by Crippen LogP contribution is -2.67. The first-order chi connectivity index (χ1) is 16.9. The van der Waals surface area contributed by atoms with Crippen LogP contribution in [0, 0.1) is 13.8 Å². The molecule has 0 aliphatic carbocycles. The Labute approximate surface area is 209 Å². The predicted octanol–water partition coefficient (Wildman–Crippen LogP) is 4.58. The number of fused-ring (bicyclic) bond motifs is 1. The van der Waals surface area contributed by atoms with Gasteiger partial charge in [-0.3, -0.25) is 4.90 Å². The van der Waals surface area contributed by atoms with E-state index in [1.165, 1.54) is 11.1 Å². The Morgan fingerprint density at radius 2 is 1.54 bits per heavy atom. The highest BCUT2D eigenvalue weighted by Crippen LogP contribution is 2.43. The first kappa shape index (κ1) is 24.2. The van der Waals surface area contributed by atoms with Crippen LogP contribution in [0.3, 0.4) is 0 Å². The maximum absolute atomic E-state index is 13.6. The van der Waals surface area contributed by atoms with Crippen LogP contribution in [0.2, 0.25) is 0 Å². The van der Waals surface area contributed by atoms with Crippen molar-refractivity contribution in [1.82, 2.24) is 9.21 Å². The highest BCUT2D eigenvalue weighted by Gasteiger charge is 2.50. The number of nitrogens with zero attached hydrogens (tertiary/aromatic N) is 2. The van der Waals surface area contributed by atoms with Crippen LogP contribution in [0.4, 0.5) is 0 Å². The van der Waals surface area contributed by atoms with Gasteiger partial charge in [-0.25, -0.2) is 8.42 Å². The summed E-state index contributed by atoms with van der Waals surface area (Å²) >= 11 is 0. The number of sulfonamides is 1. The van der Waals surface area contributed by atoms with E-state index in [1.54, 1.807) is 16.4 Å². The molecule has 0 amide bonds. The quantitative estimate of drug-likeness (QED) is 0.569. The van der Waals surface area contributed by atoms with Crippen LogP contribution in [-0.2, 0) is 10.0 Å². The largest absolute Gasteiger partial charge is 0.395 e.